The van der Waals surface area contributed by atoms with E-state index in [2.05, 4.69) is 19.2 Å². The highest BCUT2D eigenvalue weighted by Crippen LogP contribution is 2.19. The molecule has 0 aromatic rings. The van der Waals surface area contributed by atoms with Gasteiger partial charge in [-0.1, -0.05) is 361 Å². The molecular weight excluding hydrogens is 819 g/mol. The highest BCUT2D eigenvalue weighted by atomic mass is 16.3. The van der Waals surface area contributed by atoms with Gasteiger partial charge in [-0.2, -0.15) is 0 Å². The molecule has 0 fully saturated rings. The minimum Gasteiger partial charge on any atom is -0.394 e. The summed E-state index contributed by atoms with van der Waals surface area (Å²) < 4.78 is 0. The molecule has 0 saturated carbocycles. The molecule has 4 nitrogen and oxygen atoms in total. The zero-order chi connectivity index (χ0) is 48.5. The van der Waals surface area contributed by atoms with Gasteiger partial charge < -0.3 is 15.5 Å². The first-order valence-electron chi connectivity index (χ1n) is 31.7. The van der Waals surface area contributed by atoms with Crippen LogP contribution in [0.15, 0.2) is 0 Å². The molecule has 0 aliphatic heterocycles. The molecule has 0 bridgehead atoms. The maximum absolute atomic E-state index is 12.5. The van der Waals surface area contributed by atoms with E-state index in [0.717, 1.165) is 25.7 Å². The SMILES string of the molecule is CCCCCCCCCCCCCCCCCCCCCCCCCCCCCCCCCCCCCCCCCC(=O)NC(CO)C(O)CCCCCCCCCCCCCCCCCC. The topological polar surface area (TPSA) is 69.6 Å². The van der Waals surface area contributed by atoms with Crippen molar-refractivity contribution < 1.29 is 15.0 Å². The van der Waals surface area contributed by atoms with Crippen molar-refractivity contribution in [3.8, 4) is 0 Å². The van der Waals surface area contributed by atoms with Crippen LogP contribution in [0, 0.1) is 0 Å². The molecule has 0 saturated heterocycles. The van der Waals surface area contributed by atoms with E-state index in [0.29, 0.717) is 12.8 Å². The molecule has 2 unspecified atom stereocenters. The summed E-state index contributed by atoms with van der Waals surface area (Å²) in [6, 6.07) is -0.531. The summed E-state index contributed by atoms with van der Waals surface area (Å²) in [6.45, 7) is 4.40. The Kier molecular flexibility index (Phi) is 59.2. The van der Waals surface area contributed by atoms with Crippen molar-refractivity contribution in [1.29, 1.82) is 0 Å². The maximum Gasteiger partial charge on any atom is 0.220 e. The lowest BCUT2D eigenvalue weighted by Crippen LogP contribution is -2.45. The molecule has 402 valence electrons. The molecule has 0 heterocycles. The number of amides is 1. The Morgan fingerprint density at radius 1 is 0.299 bits per heavy atom. The fraction of sp³-hybridized carbons (Fsp3) is 0.984. The molecule has 0 aliphatic rings. The van der Waals surface area contributed by atoms with E-state index in [4.69, 9.17) is 0 Å². The largest absolute Gasteiger partial charge is 0.394 e. The minimum absolute atomic E-state index is 0.0216. The molecule has 0 aromatic carbocycles. The zero-order valence-corrected chi connectivity index (χ0v) is 46.5. The Morgan fingerprint density at radius 3 is 0.672 bits per heavy atom. The van der Waals surface area contributed by atoms with Crippen molar-refractivity contribution in [2.75, 3.05) is 6.61 Å². The van der Waals surface area contributed by atoms with Crippen molar-refractivity contribution in [3.05, 3.63) is 0 Å². The third-order valence-corrected chi connectivity index (χ3v) is 15.4. The van der Waals surface area contributed by atoms with E-state index in [1.807, 2.05) is 0 Å². The second-order valence-corrected chi connectivity index (χ2v) is 22.2. The summed E-state index contributed by atoms with van der Waals surface area (Å²) >= 11 is 0. The quantitative estimate of drug-likeness (QED) is 0.0532. The number of aliphatic hydroxyl groups excluding tert-OH is 2. The van der Waals surface area contributed by atoms with Crippen LogP contribution in [0.4, 0.5) is 0 Å². The van der Waals surface area contributed by atoms with Gasteiger partial charge in [-0.25, -0.2) is 0 Å². The lowest BCUT2D eigenvalue weighted by atomic mass is 10.0. The smallest absolute Gasteiger partial charge is 0.220 e. The Morgan fingerprint density at radius 2 is 0.478 bits per heavy atom. The Bertz CT molecular complexity index is 894. The Labute approximate surface area is 423 Å². The van der Waals surface area contributed by atoms with E-state index in [-0.39, 0.29) is 12.5 Å². The summed E-state index contributed by atoms with van der Waals surface area (Å²) in [7, 11) is 0. The van der Waals surface area contributed by atoms with E-state index in [1.165, 1.54) is 327 Å². The Balaban J connectivity index is 3.31. The third kappa shape index (κ3) is 56.2. The van der Waals surface area contributed by atoms with Gasteiger partial charge in [-0.15, -0.1) is 0 Å². The van der Waals surface area contributed by atoms with Crippen LogP contribution in [0.3, 0.4) is 0 Å². The number of hydrogen-bond donors (Lipinski definition) is 3. The summed E-state index contributed by atoms with van der Waals surface area (Å²) in [4.78, 5) is 12.5. The lowest BCUT2D eigenvalue weighted by Gasteiger charge is -2.22. The van der Waals surface area contributed by atoms with Gasteiger partial charge >= 0.3 is 0 Å². The van der Waals surface area contributed by atoms with Crippen LogP contribution in [-0.4, -0.2) is 34.9 Å². The first-order valence-corrected chi connectivity index (χ1v) is 31.7. The predicted molar refractivity (Wildman–Crippen MR) is 300 cm³/mol. The molecule has 0 aliphatic carbocycles. The number of unbranched alkanes of at least 4 members (excludes halogenated alkanes) is 53. The molecular formula is C63H127NO3. The fourth-order valence-corrected chi connectivity index (χ4v) is 10.5. The van der Waals surface area contributed by atoms with Crippen LogP contribution < -0.4 is 5.32 Å². The molecule has 3 N–H and O–H groups in total. The number of carbonyl (C=O) groups excluding carboxylic acids is 1. The van der Waals surface area contributed by atoms with Crippen LogP contribution in [-0.2, 0) is 4.79 Å². The fourth-order valence-electron chi connectivity index (χ4n) is 10.5. The minimum atomic E-state index is -0.654. The standard InChI is InChI=1S/C63H127NO3/c1-3-5-7-9-11-13-15-17-19-21-22-23-24-25-26-27-28-29-30-31-32-33-34-35-36-37-38-39-40-41-42-43-45-47-49-51-53-55-57-59-63(67)64-61(60-65)62(66)58-56-54-52-50-48-46-44-20-18-16-14-12-10-8-6-4-2/h61-62,65-66H,3-60H2,1-2H3,(H,64,67). The molecule has 0 rings (SSSR count). The van der Waals surface area contributed by atoms with Gasteiger partial charge in [-0.05, 0) is 12.8 Å². The lowest BCUT2D eigenvalue weighted by molar-refractivity contribution is -0.123. The second kappa shape index (κ2) is 59.7. The first kappa shape index (κ1) is 66.4. The van der Waals surface area contributed by atoms with Gasteiger partial charge in [0.15, 0.2) is 0 Å². The van der Waals surface area contributed by atoms with Crippen molar-refractivity contribution in [2.24, 2.45) is 0 Å². The van der Waals surface area contributed by atoms with E-state index >= 15 is 0 Å². The van der Waals surface area contributed by atoms with Crippen LogP contribution in [0.5, 0.6) is 0 Å². The second-order valence-electron chi connectivity index (χ2n) is 22.2. The number of carbonyl (C=O) groups is 1. The van der Waals surface area contributed by atoms with E-state index < -0.39 is 12.1 Å². The molecule has 0 aromatic heterocycles. The molecule has 67 heavy (non-hydrogen) atoms. The molecule has 1 amide bonds. The average molecular weight is 947 g/mol. The molecule has 0 radical (unpaired) electrons. The highest BCUT2D eigenvalue weighted by Gasteiger charge is 2.20. The molecule has 4 heteroatoms. The number of rotatable bonds is 60. The van der Waals surface area contributed by atoms with Gasteiger partial charge in [0.25, 0.3) is 0 Å². The van der Waals surface area contributed by atoms with E-state index in [1.54, 1.807) is 0 Å². The Hall–Kier alpha value is -0.610. The van der Waals surface area contributed by atoms with Gasteiger partial charge in [0.1, 0.15) is 0 Å². The number of hydrogen-bond acceptors (Lipinski definition) is 3. The predicted octanol–water partition coefficient (Wildman–Crippen LogP) is 21.1. The van der Waals surface area contributed by atoms with Gasteiger partial charge in [0.05, 0.1) is 18.8 Å². The summed E-state index contributed by atoms with van der Waals surface area (Å²) in [6.07, 6.45) is 77.2. The van der Waals surface area contributed by atoms with Crippen LogP contribution in [0.25, 0.3) is 0 Å². The summed E-state index contributed by atoms with van der Waals surface area (Å²) in [5, 5.41) is 23.3. The monoisotopic (exact) mass is 946 g/mol. The highest BCUT2D eigenvalue weighted by molar-refractivity contribution is 5.76. The summed E-state index contributed by atoms with van der Waals surface area (Å²) in [5.74, 6) is -0.0216. The van der Waals surface area contributed by atoms with Crippen LogP contribution in [0.2, 0.25) is 0 Å². The first-order chi connectivity index (χ1) is 33.2. The number of nitrogens with one attached hydrogen (secondary N) is 1. The van der Waals surface area contributed by atoms with Crippen LogP contribution in [0.1, 0.15) is 380 Å². The maximum atomic E-state index is 12.5. The number of aliphatic hydroxyl groups is 2. The normalized spacial score (nSPS) is 12.6. The average Bonchev–Trinajstić information content (AvgIpc) is 3.33. The van der Waals surface area contributed by atoms with Crippen molar-refractivity contribution in [2.45, 2.75) is 392 Å². The molecule has 0 spiro atoms. The molecule has 2 atom stereocenters. The van der Waals surface area contributed by atoms with Gasteiger partial charge in [-0.3, -0.25) is 4.79 Å². The van der Waals surface area contributed by atoms with Gasteiger partial charge in [0, 0.05) is 6.42 Å². The third-order valence-electron chi connectivity index (χ3n) is 15.4. The summed E-state index contributed by atoms with van der Waals surface area (Å²) in [5.41, 5.74) is 0. The van der Waals surface area contributed by atoms with Crippen molar-refractivity contribution >= 4 is 5.91 Å². The van der Waals surface area contributed by atoms with E-state index in [9.17, 15) is 15.0 Å². The van der Waals surface area contributed by atoms with Crippen molar-refractivity contribution in [1.82, 2.24) is 5.32 Å². The zero-order valence-electron chi connectivity index (χ0n) is 46.5. The van der Waals surface area contributed by atoms with Crippen LogP contribution >= 0.6 is 0 Å². The van der Waals surface area contributed by atoms with Gasteiger partial charge in [0.2, 0.25) is 5.91 Å². The van der Waals surface area contributed by atoms with Crippen molar-refractivity contribution in [3.63, 3.8) is 0 Å².